The number of hydrogen-bond acceptors (Lipinski definition) is 4. The Morgan fingerprint density at radius 1 is 1.24 bits per heavy atom. The smallest absolute Gasteiger partial charge is 0.265 e. The molecule has 1 saturated heterocycles. The Morgan fingerprint density at radius 3 is 2.52 bits per heavy atom. The van der Waals surface area contributed by atoms with Gasteiger partial charge in [0.15, 0.2) is 0 Å². The fraction of sp³-hybridized carbons (Fsp3) is 0.467. The first-order chi connectivity index (χ1) is 10.1. The number of benzene rings is 1. The zero-order valence-electron chi connectivity index (χ0n) is 12.0. The summed E-state index contributed by atoms with van der Waals surface area (Å²) < 4.78 is 0. The normalized spacial score (nSPS) is 16.6. The molecule has 0 aliphatic carbocycles. The van der Waals surface area contributed by atoms with E-state index < -0.39 is 0 Å². The van der Waals surface area contributed by atoms with Crippen molar-refractivity contribution in [2.24, 2.45) is 17.5 Å². The van der Waals surface area contributed by atoms with Gasteiger partial charge in [0.05, 0.1) is 0 Å². The summed E-state index contributed by atoms with van der Waals surface area (Å²) in [7, 11) is 0. The van der Waals surface area contributed by atoms with Crippen molar-refractivity contribution in [3.05, 3.63) is 35.4 Å². The Balaban J connectivity index is 1.95. The molecule has 1 aromatic carbocycles. The van der Waals surface area contributed by atoms with Crippen LogP contribution in [0.25, 0.3) is 0 Å². The number of carbonyl (C=O) groups excluding carboxylic acids is 2. The SMILES string of the molecule is NNC(=O)c1ccccc1CN1CCC(CC(N)=O)CC1. The van der Waals surface area contributed by atoms with E-state index in [0.29, 0.717) is 24.4 Å². The van der Waals surface area contributed by atoms with Gasteiger partial charge < -0.3 is 5.73 Å². The lowest BCUT2D eigenvalue weighted by Crippen LogP contribution is -2.36. The van der Waals surface area contributed by atoms with E-state index in [2.05, 4.69) is 10.3 Å². The summed E-state index contributed by atoms with van der Waals surface area (Å²) in [6, 6.07) is 7.47. The topological polar surface area (TPSA) is 101 Å². The molecule has 0 spiro atoms. The average Bonchev–Trinajstić information content (AvgIpc) is 2.48. The van der Waals surface area contributed by atoms with Crippen molar-refractivity contribution in [2.75, 3.05) is 13.1 Å². The monoisotopic (exact) mass is 290 g/mol. The van der Waals surface area contributed by atoms with E-state index in [1.54, 1.807) is 6.07 Å². The molecule has 0 bridgehead atoms. The van der Waals surface area contributed by atoms with Crippen LogP contribution in [0.2, 0.25) is 0 Å². The maximum atomic E-state index is 11.7. The van der Waals surface area contributed by atoms with Gasteiger partial charge in [-0.2, -0.15) is 0 Å². The van der Waals surface area contributed by atoms with Gasteiger partial charge in [-0.1, -0.05) is 18.2 Å². The Labute approximate surface area is 124 Å². The molecular weight excluding hydrogens is 268 g/mol. The molecule has 0 atom stereocenters. The number of amides is 2. The van der Waals surface area contributed by atoms with Crippen molar-refractivity contribution >= 4 is 11.8 Å². The molecule has 21 heavy (non-hydrogen) atoms. The molecule has 6 nitrogen and oxygen atoms in total. The van der Waals surface area contributed by atoms with Crippen molar-refractivity contribution < 1.29 is 9.59 Å². The van der Waals surface area contributed by atoms with E-state index in [-0.39, 0.29) is 11.8 Å². The highest BCUT2D eigenvalue weighted by Crippen LogP contribution is 2.22. The predicted octanol–water partition coefficient (Wildman–Crippen LogP) is 0.377. The maximum Gasteiger partial charge on any atom is 0.265 e. The largest absolute Gasteiger partial charge is 0.370 e. The summed E-state index contributed by atoms with van der Waals surface area (Å²) in [5.41, 5.74) is 9.00. The van der Waals surface area contributed by atoms with Crippen LogP contribution in [0.4, 0.5) is 0 Å². The Kier molecular flexibility index (Phi) is 5.30. The van der Waals surface area contributed by atoms with Crippen LogP contribution >= 0.6 is 0 Å². The molecule has 2 rings (SSSR count). The number of nitrogen functional groups attached to an aromatic ring is 1. The number of primary amides is 1. The second kappa shape index (κ2) is 7.19. The van der Waals surface area contributed by atoms with Crippen LogP contribution in [0, 0.1) is 5.92 Å². The van der Waals surface area contributed by atoms with Gasteiger partial charge in [0.2, 0.25) is 5.91 Å². The highest BCUT2D eigenvalue weighted by Gasteiger charge is 2.21. The summed E-state index contributed by atoms with van der Waals surface area (Å²) in [4.78, 5) is 25.0. The van der Waals surface area contributed by atoms with Gasteiger partial charge in [0, 0.05) is 18.5 Å². The van der Waals surface area contributed by atoms with E-state index in [1.165, 1.54) is 0 Å². The molecule has 0 saturated carbocycles. The minimum absolute atomic E-state index is 0.224. The standard InChI is InChI=1S/C15H22N4O2/c16-14(20)9-11-5-7-19(8-6-11)10-12-3-1-2-4-13(12)15(21)18-17/h1-4,11H,5-10,17H2,(H2,16,20)(H,18,21). The highest BCUT2D eigenvalue weighted by atomic mass is 16.2. The Bertz CT molecular complexity index is 510. The molecule has 1 fully saturated rings. The first-order valence-electron chi connectivity index (χ1n) is 7.19. The van der Waals surface area contributed by atoms with Crippen LogP contribution in [0.15, 0.2) is 24.3 Å². The number of nitrogens with one attached hydrogen (secondary N) is 1. The van der Waals surface area contributed by atoms with Crippen LogP contribution < -0.4 is 17.0 Å². The van der Waals surface area contributed by atoms with Gasteiger partial charge in [0.1, 0.15) is 0 Å². The van der Waals surface area contributed by atoms with Gasteiger partial charge in [-0.25, -0.2) is 5.84 Å². The third-order valence-corrected chi connectivity index (χ3v) is 3.98. The van der Waals surface area contributed by atoms with Crippen LogP contribution in [0.1, 0.15) is 35.2 Å². The number of hydrogen-bond donors (Lipinski definition) is 3. The summed E-state index contributed by atoms with van der Waals surface area (Å²) >= 11 is 0. The van der Waals surface area contributed by atoms with Crippen molar-refractivity contribution in [2.45, 2.75) is 25.8 Å². The number of nitrogens with zero attached hydrogens (tertiary/aromatic N) is 1. The number of carbonyl (C=O) groups is 2. The number of hydrazine groups is 1. The number of nitrogens with two attached hydrogens (primary N) is 2. The highest BCUT2D eigenvalue weighted by molar-refractivity contribution is 5.95. The zero-order chi connectivity index (χ0) is 15.2. The average molecular weight is 290 g/mol. The lowest BCUT2D eigenvalue weighted by molar-refractivity contribution is -0.119. The summed E-state index contributed by atoms with van der Waals surface area (Å²) in [6.45, 7) is 2.54. The van der Waals surface area contributed by atoms with E-state index in [9.17, 15) is 9.59 Å². The van der Waals surface area contributed by atoms with Gasteiger partial charge in [-0.05, 0) is 43.5 Å². The fourth-order valence-corrected chi connectivity index (χ4v) is 2.83. The van der Waals surface area contributed by atoms with Crippen LogP contribution in [0.5, 0.6) is 0 Å². The first-order valence-corrected chi connectivity index (χ1v) is 7.19. The maximum absolute atomic E-state index is 11.7. The number of piperidine rings is 1. The second-order valence-electron chi connectivity index (χ2n) is 5.52. The molecule has 0 radical (unpaired) electrons. The Morgan fingerprint density at radius 2 is 1.90 bits per heavy atom. The molecule has 1 aromatic rings. The second-order valence-corrected chi connectivity index (χ2v) is 5.52. The zero-order valence-corrected chi connectivity index (χ0v) is 12.0. The molecule has 0 aromatic heterocycles. The third-order valence-electron chi connectivity index (χ3n) is 3.98. The fourth-order valence-electron chi connectivity index (χ4n) is 2.83. The summed E-state index contributed by atoms with van der Waals surface area (Å²) in [5.74, 6) is 5.11. The van der Waals surface area contributed by atoms with Crippen LogP contribution in [0.3, 0.4) is 0 Å². The van der Waals surface area contributed by atoms with Gasteiger partial charge in [-0.3, -0.25) is 19.9 Å². The van der Waals surface area contributed by atoms with Crippen LogP contribution in [-0.2, 0) is 11.3 Å². The van der Waals surface area contributed by atoms with Gasteiger partial charge in [-0.15, -0.1) is 0 Å². The van der Waals surface area contributed by atoms with E-state index >= 15 is 0 Å². The van der Waals surface area contributed by atoms with Crippen LogP contribution in [-0.4, -0.2) is 29.8 Å². The minimum Gasteiger partial charge on any atom is -0.370 e. The lowest BCUT2D eigenvalue weighted by atomic mass is 9.93. The molecule has 1 aliphatic heterocycles. The number of likely N-dealkylation sites (tertiary alicyclic amines) is 1. The predicted molar refractivity (Wildman–Crippen MR) is 79.9 cm³/mol. The molecule has 114 valence electrons. The minimum atomic E-state index is -0.269. The molecule has 5 N–H and O–H groups in total. The quantitative estimate of drug-likeness (QED) is 0.414. The molecule has 2 amide bonds. The number of rotatable bonds is 5. The van der Waals surface area contributed by atoms with Gasteiger partial charge >= 0.3 is 0 Å². The molecule has 0 unspecified atom stereocenters. The molecule has 1 aliphatic rings. The van der Waals surface area contributed by atoms with E-state index in [0.717, 1.165) is 31.5 Å². The summed E-state index contributed by atoms with van der Waals surface area (Å²) in [5, 5.41) is 0. The molecular formula is C15H22N4O2. The third kappa shape index (κ3) is 4.27. The van der Waals surface area contributed by atoms with Crippen molar-refractivity contribution in [3.63, 3.8) is 0 Å². The van der Waals surface area contributed by atoms with Crippen molar-refractivity contribution in [3.8, 4) is 0 Å². The van der Waals surface area contributed by atoms with Crippen molar-refractivity contribution in [1.29, 1.82) is 0 Å². The lowest BCUT2D eigenvalue weighted by Gasteiger charge is -2.31. The summed E-state index contributed by atoms with van der Waals surface area (Å²) in [6.07, 6.45) is 2.41. The Hall–Kier alpha value is -1.92. The van der Waals surface area contributed by atoms with Crippen molar-refractivity contribution in [1.82, 2.24) is 10.3 Å². The van der Waals surface area contributed by atoms with Gasteiger partial charge in [0.25, 0.3) is 5.91 Å². The first kappa shape index (κ1) is 15.5. The van der Waals surface area contributed by atoms with E-state index in [1.807, 2.05) is 18.2 Å². The van der Waals surface area contributed by atoms with E-state index in [4.69, 9.17) is 11.6 Å². The molecule has 6 heteroatoms. The molecule has 1 heterocycles.